The zero-order valence-corrected chi connectivity index (χ0v) is 14.2. The molecule has 0 radical (unpaired) electrons. The van der Waals surface area contributed by atoms with Crippen molar-refractivity contribution in [3.05, 3.63) is 16.6 Å². The van der Waals surface area contributed by atoms with Gasteiger partial charge in [-0.15, -0.1) is 11.8 Å². The number of carbonyl (C=O) groups is 1. The van der Waals surface area contributed by atoms with Crippen LogP contribution >= 0.6 is 27.7 Å². The molecule has 6 nitrogen and oxygen atoms in total. The number of rotatable bonds is 2. The fourth-order valence-corrected chi connectivity index (χ4v) is 4.43. The van der Waals surface area contributed by atoms with Crippen molar-refractivity contribution in [2.45, 2.75) is 23.4 Å². The van der Waals surface area contributed by atoms with Crippen molar-refractivity contribution in [1.29, 1.82) is 0 Å². The molecule has 3 aliphatic heterocycles. The number of hydrogen-bond donors (Lipinski definition) is 1. The third-order valence-corrected chi connectivity index (χ3v) is 5.62. The summed E-state index contributed by atoms with van der Waals surface area (Å²) in [5, 5.41) is 9.16. The fraction of sp³-hybridized carbons (Fsp3) is 0.429. The van der Waals surface area contributed by atoms with Crippen LogP contribution in [-0.4, -0.2) is 52.5 Å². The number of amides is 1. The third-order valence-electron chi connectivity index (χ3n) is 4.33. The molecule has 0 aliphatic carbocycles. The summed E-state index contributed by atoms with van der Waals surface area (Å²) >= 11 is 5.18. The van der Waals surface area contributed by atoms with E-state index >= 15 is 0 Å². The Balaban J connectivity index is 1.63. The maximum atomic E-state index is 11.2. The van der Waals surface area contributed by atoms with Crippen LogP contribution in [0, 0.1) is 0 Å². The maximum Gasteiger partial charge on any atom is 0.407 e. The monoisotopic (exact) mass is 383 g/mol. The van der Waals surface area contributed by atoms with Crippen LogP contribution < -0.4 is 4.90 Å². The smallest absolute Gasteiger partial charge is 0.407 e. The van der Waals surface area contributed by atoms with E-state index in [9.17, 15) is 4.79 Å². The van der Waals surface area contributed by atoms with Gasteiger partial charge in [-0.2, -0.15) is 4.98 Å². The number of fused-ring (bicyclic) bond motifs is 3. The van der Waals surface area contributed by atoms with Crippen LogP contribution in [0.15, 0.2) is 25.9 Å². The highest BCUT2D eigenvalue weighted by atomic mass is 79.9. The van der Waals surface area contributed by atoms with Gasteiger partial charge in [0.15, 0.2) is 5.58 Å². The summed E-state index contributed by atoms with van der Waals surface area (Å²) in [6.45, 7) is 1.28. The molecule has 1 N–H and O–H groups in total. The van der Waals surface area contributed by atoms with Gasteiger partial charge in [0.05, 0.1) is 16.6 Å². The van der Waals surface area contributed by atoms with Gasteiger partial charge in [-0.25, -0.2) is 4.79 Å². The first-order valence-electron chi connectivity index (χ1n) is 6.97. The molecule has 1 aromatic heterocycles. The van der Waals surface area contributed by atoms with E-state index in [4.69, 9.17) is 9.52 Å². The second-order valence-electron chi connectivity index (χ2n) is 5.59. The van der Waals surface area contributed by atoms with Crippen molar-refractivity contribution in [3.8, 4) is 0 Å². The first-order valence-corrected chi connectivity index (χ1v) is 8.99. The van der Waals surface area contributed by atoms with Crippen molar-refractivity contribution in [2.24, 2.45) is 0 Å². The van der Waals surface area contributed by atoms with Crippen molar-refractivity contribution in [3.63, 3.8) is 0 Å². The van der Waals surface area contributed by atoms with Gasteiger partial charge in [-0.1, -0.05) is 0 Å². The van der Waals surface area contributed by atoms with Gasteiger partial charge in [-0.3, -0.25) is 4.90 Å². The van der Waals surface area contributed by atoms with Crippen molar-refractivity contribution in [1.82, 2.24) is 9.88 Å². The second kappa shape index (κ2) is 5.06. The molecule has 5 rings (SSSR count). The zero-order chi connectivity index (χ0) is 15.4. The molecular weight excluding hydrogens is 370 g/mol. The molecule has 0 spiro atoms. The van der Waals surface area contributed by atoms with E-state index < -0.39 is 6.09 Å². The van der Waals surface area contributed by atoms with Gasteiger partial charge in [0.25, 0.3) is 6.01 Å². The van der Waals surface area contributed by atoms with Gasteiger partial charge in [0.1, 0.15) is 5.52 Å². The number of nitrogens with zero attached hydrogens (tertiary/aromatic N) is 3. The first-order chi connectivity index (χ1) is 10.6. The maximum absolute atomic E-state index is 11.2. The minimum Gasteiger partial charge on any atom is -0.465 e. The SMILES string of the molecule is CSc1cc(Br)c2oc(N3CC4CC(C3)N4C(=O)O)nc2c1. The second-order valence-corrected chi connectivity index (χ2v) is 7.33. The van der Waals surface area contributed by atoms with Crippen LogP contribution in [0.2, 0.25) is 0 Å². The van der Waals surface area contributed by atoms with E-state index in [0.29, 0.717) is 19.1 Å². The standard InChI is InChI=1S/C14H14BrN3O3S/c1-22-9-3-10(15)12-11(4-9)16-13(21-12)17-5-7-2-8(6-17)18(7)14(19)20/h3-4,7-8H,2,5-6H2,1H3,(H,19,20). The quantitative estimate of drug-likeness (QED) is 0.802. The highest BCUT2D eigenvalue weighted by Crippen LogP contribution is 2.37. The predicted octanol–water partition coefficient (Wildman–Crippen LogP) is 3.25. The number of carboxylic acid groups (broad SMARTS) is 1. The van der Waals surface area contributed by atoms with E-state index in [2.05, 4.69) is 20.9 Å². The Hall–Kier alpha value is -1.41. The van der Waals surface area contributed by atoms with Crippen LogP contribution in [0.5, 0.6) is 0 Å². The number of halogens is 1. The first kappa shape index (κ1) is 14.2. The summed E-state index contributed by atoms with van der Waals surface area (Å²) in [5.74, 6) is 0. The Morgan fingerprint density at radius 2 is 2.18 bits per heavy atom. The van der Waals surface area contributed by atoms with Gasteiger partial charge in [0.2, 0.25) is 0 Å². The number of aromatic nitrogens is 1. The number of hydrogen-bond acceptors (Lipinski definition) is 5. The molecule has 2 atom stereocenters. The third kappa shape index (κ3) is 2.08. The Bertz CT molecular complexity index is 753. The average molecular weight is 384 g/mol. The highest BCUT2D eigenvalue weighted by molar-refractivity contribution is 9.10. The zero-order valence-electron chi connectivity index (χ0n) is 11.8. The van der Waals surface area contributed by atoms with E-state index in [-0.39, 0.29) is 12.1 Å². The number of benzene rings is 1. The van der Waals surface area contributed by atoms with Crippen LogP contribution in [0.4, 0.5) is 10.8 Å². The predicted molar refractivity (Wildman–Crippen MR) is 87.8 cm³/mol. The van der Waals surface area contributed by atoms with E-state index in [1.165, 1.54) is 0 Å². The number of anilines is 1. The molecule has 3 aliphatic rings. The molecule has 1 aromatic carbocycles. The van der Waals surface area contributed by atoms with Crippen LogP contribution in [0.1, 0.15) is 6.42 Å². The molecule has 1 amide bonds. The average Bonchev–Trinajstić information content (AvgIpc) is 2.91. The Morgan fingerprint density at radius 3 is 2.82 bits per heavy atom. The van der Waals surface area contributed by atoms with Crippen molar-refractivity contribution in [2.75, 3.05) is 24.2 Å². The minimum absolute atomic E-state index is 0.0523. The summed E-state index contributed by atoms with van der Waals surface area (Å²) in [6, 6.07) is 4.70. The summed E-state index contributed by atoms with van der Waals surface area (Å²) in [4.78, 5) is 20.4. The largest absolute Gasteiger partial charge is 0.465 e. The van der Waals surface area contributed by atoms with Gasteiger partial charge < -0.3 is 14.4 Å². The molecule has 0 saturated carbocycles. The van der Waals surface area contributed by atoms with Crippen molar-refractivity contribution < 1.29 is 14.3 Å². The number of piperidine rings is 1. The molecule has 3 saturated heterocycles. The number of thioether (sulfide) groups is 1. The Morgan fingerprint density at radius 1 is 1.45 bits per heavy atom. The molecular formula is C14H14BrN3O3S. The van der Waals surface area contributed by atoms with E-state index in [1.807, 2.05) is 23.3 Å². The lowest BCUT2D eigenvalue weighted by Crippen LogP contribution is -2.70. The minimum atomic E-state index is -0.828. The lowest BCUT2D eigenvalue weighted by Gasteiger charge is -2.54. The molecule has 116 valence electrons. The van der Waals surface area contributed by atoms with E-state index in [0.717, 1.165) is 26.9 Å². The summed E-state index contributed by atoms with van der Waals surface area (Å²) < 4.78 is 6.79. The van der Waals surface area contributed by atoms with Gasteiger partial charge >= 0.3 is 6.09 Å². The Kier molecular flexibility index (Phi) is 3.26. The molecule has 2 bridgehead atoms. The fourth-order valence-electron chi connectivity index (χ4n) is 3.29. The number of piperazine rings is 1. The van der Waals surface area contributed by atoms with Gasteiger partial charge in [-0.05, 0) is 40.7 Å². The normalized spacial score (nSPS) is 23.7. The Labute approximate surface area is 139 Å². The molecule has 3 fully saturated rings. The van der Waals surface area contributed by atoms with E-state index in [1.54, 1.807) is 16.7 Å². The molecule has 8 heteroatoms. The summed E-state index contributed by atoms with van der Waals surface area (Å²) in [6.07, 6.45) is 2.13. The van der Waals surface area contributed by atoms with Crippen LogP contribution in [0.3, 0.4) is 0 Å². The summed E-state index contributed by atoms with van der Waals surface area (Å²) in [5.41, 5.74) is 1.56. The lowest BCUT2D eigenvalue weighted by molar-refractivity contribution is 0.0101. The van der Waals surface area contributed by atoms with Gasteiger partial charge in [0, 0.05) is 18.0 Å². The lowest BCUT2D eigenvalue weighted by atomic mass is 9.88. The highest BCUT2D eigenvalue weighted by Gasteiger charge is 2.48. The molecule has 22 heavy (non-hydrogen) atoms. The van der Waals surface area contributed by atoms with Crippen LogP contribution in [-0.2, 0) is 0 Å². The molecule has 2 unspecified atom stereocenters. The van der Waals surface area contributed by atoms with Crippen molar-refractivity contribution >= 4 is 50.9 Å². The van der Waals surface area contributed by atoms with Crippen LogP contribution in [0.25, 0.3) is 11.1 Å². The number of oxazole rings is 1. The molecule has 4 heterocycles. The molecule has 2 aromatic rings. The summed E-state index contributed by atoms with van der Waals surface area (Å²) in [7, 11) is 0. The topological polar surface area (TPSA) is 69.8 Å².